The molecule has 0 aliphatic heterocycles. The molecule has 7 nitrogen and oxygen atoms in total. The lowest BCUT2D eigenvalue weighted by atomic mass is 10.1. The average Bonchev–Trinajstić information content (AvgIpc) is 3.20. The number of aromatic nitrogens is 4. The third-order valence-corrected chi connectivity index (χ3v) is 3.79. The van der Waals surface area contributed by atoms with E-state index >= 15 is 0 Å². The summed E-state index contributed by atoms with van der Waals surface area (Å²) in [6, 6.07) is 14.3. The maximum Gasteiger partial charge on any atom is 0.316 e. The third kappa shape index (κ3) is 2.67. The molecule has 0 aliphatic rings. The van der Waals surface area contributed by atoms with Crippen molar-refractivity contribution in [1.82, 2.24) is 20.4 Å². The van der Waals surface area contributed by atoms with Gasteiger partial charge in [0.15, 0.2) is 5.82 Å². The Bertz CT molecular complexity index is 1000. The lowest BCUT2D eigenvalue weighted by Gasteiger charge is -2.02. The molecule has 7 heteroatoms. The predicted molar refractivity (Wildman–Crippen MR) is 92.3 cm³/mol. The van der Waals surface area contributed by atoms with Crippen LogP contribution in [0.25, 0.3) is 22.4 Å². The summed E-state index contributed by atoms with van der Waals surface area (Å²) in [6.07, 6.45) is 0. The summed E-state index contributed by atoms with van der Waals surface area (Å²) < 4.78 is 5.68. The van der Waals surface area contributed by atoms with Gasteiger partial charge < -0.3 is 15.5 Å². The van der Waals surface area contributed by atoms with Gasteiger partial charge in [0.05, 0.1) is 5.52 Å². The van der Waals surface area contributed by atoms with Gasteiger partial charge in [0.1, 0.15) is 0 Å². The molecular weight excluding hydrogens is 304 g/mol. The van der Waals surface area contributed by atoms with Crippen molar-refractivity contribution in [1.29, 1.82) is 0 Å². The monoisotopic (exact) mass is 320 g/mol. The maximum atomic E-state index is 5.83. The highest BCUT2D eigenvalue weighted by Gasteiger charge is 2.11. The molecule has 0 saturated heterocycles. The Kier molecular flexibility index (Phi) is 3.38. The number of nitrogens with zero attached hydrogens (tertiary/aromatic N) is 3. The summed E-state index contributed by atoms with van der Waals surface area (Å²) in [5.74, 6) is 0.883. The zero-order valence-electron chi connectivity index (χ0n) is 13.1. The topological polar surface area (TPSA) is 106 Å². The van der Waals surface area contributed by atoms with Crippen LogP contribution in [-0.2, 0) is 6.54 Å². The SMILES string of the molecule is Cc1cccc(CNc2nnc(-c3ccc4[nH]nc(N)c4c3)o2)c1. The fourth-order valence-corrected chi connectivity index (χ4v) is 2.58. The standard InChI is InChI=1S/C17H16N6O/c1-10-3-2-4-11(7-10)9-19-17-23-22-16(24-17)12-5-6-14-13(8-12)15(18)21-20-14/h2-8H,9H2,1H3,(H,19,23)(H3,18,20,21). The summed E-state index contributed by atoms with van der Waals surface area (Å²) in [6.45, 7) is 2.68. The minimum Gasteiger partial charge on any atom is -0.403 e. The number of fused-ring (bicyclic) bond motifs is 1. The first-order chi connectivity index (χ1) is 11.7. The van der Waals surface area contributed by atoms with E-state index in [1.807, 2.05) is 30.3 Å². The Morgan fingerprint density at radius 3 is 2.96 bits per heavy atom. The molecule has 0 spiro atoms. The minimum atomic E-state index is 0.381. The van der Waals surface area contributed by atoms with Crippen LogP contribution >= 0.6 is 0 Å². The summed E-state index contributed by atoms with van der Waals surface area (Å²) >= 11 is 0. The second-order valence-corrected chi connectivity index (χ2v) is 5.62. The molecule has 0 saturated carbocycles. The molecule has 4 aromatic rings. The number of nitrogen functional groups attached to an aromatic ring is 1. The zero-order valence-corrected chi connectivity index (χ0v) is 13.1. The van der Waals surface area contributed by atoms with Gasteiger partial charge in [0.25, 0.3) is 0 Å². The van der Waals surface area contributed by atoms with Crippen molar-refractivity contribution in [3.8, 4) is 11.5 Å². The van der Waals surface area contributed by atoms with E-state index < -0.39 is 0 Å². The Balaban J connectivity index is 1.54. The van der Waals surface area contributed by atoms with E-state index in [9.17, 15) is 0 Å². The van der Waals surface area contributed by atoms with Crippen molar-refractivity contribution in [2.24, 2.45) is 0 Å². The van der Waals surface area contributed by atoms with Crippen LogP contribution in [0.3, 0.4) is 0 Å². The van der Waals surface area contributed by atoms with Gasteiger partial charge in [0, 0.05) is 17.5 Å². The Morgan fingerprint density at radius 1 is 1.17 bits per heavy atom. The fraction of sp³-hybridized carbons (Fsp3) is 0.118. The molecule has 0 amide bonds. The van der Waals surface area contributed by atoms with Gasteiger partial charge >= 0.3 is 6.01 Å². The molecule has 120 valence electrons. The summed E-state index contributed by atoms with van der Waals surface area (Å²) in [5, 5.41) is 18.9. The number of nitrogens with two attached hydrogens (primary N) is 1. The van der Waals surface area contributed by atoms with Gasteiger partial charge in [-0.05, 0) is 30.7 Å². The van der Waals surface area contributed by atoms with Crippen molar-refractivity contribution in [3.63, 3.8) is 0 Å². The van der Waals surface area contributed by atoms with Gasteiger partial charge in [-0.2, -0.15) is 5.10 Å². The van der Waals surface area contributed by atoms with Crippen LogP contribution in [0.15, 0.2) is 46.9 Å². The molecule has 0 fully saturated rings. The van der Waals surface area contributed by atoms with E-state index in [1.54, 1.807) is 0 Å². The smallest absolute Gasteiger partial charge is 0.316 e. The van der Waals surface area contributed by atoms with Crippen LogP contribution < -0.4 is 11.1 Å². The average molecular weight is 320 g/mol. The number of rotatable bonds is 4. The first-order valence-corrected chi connectivity index (χ1v) is 7.56. The molecule has 2 heterocycles. The second-order valence-electron chi connectivity index (χ2n) is 5.62. The van der Waals surface area contributed by atoms with E-state index in [0.717, 1.165) is 22.0 Å². The Hall–Kier alpha value is -3.35. The van der Waals surface area contributed by atoms with Gasteiger partial charge in [-0.1, -0.05) is 34.9 Å². The fourth-order valence-electron chi connectivity index (χ4n) is 2.58. The van der Waals surface area contributed by atoms with Crippen molar-refractivity contribution < 1.29 is 4.42 Å². The first-order valence-electron chi connectivity index (χ1n) is 7.56. The molecule has 0 bridgehead atoms. The number of benzene rings is 2. The van der Waals surface area contributed by atoms with Crippen LogP contribution in [0, 0.1) is 6.92 Å². The molecule has 0 aliphatic carbocycles. The number of anilines is 2. The van der Waals surface area contributed by atoms with E-state index in [-0.39, 0.29) is 0 Å². The highest BCUT2D eigenvalue weighted by atomic mass is 16.4. The van der Waals surface area contributed by atoms with E-state index in [1.165, 1.54) is 5.56 Å². The highest BCUT2D eigenvalue weighted by Crippen LogP contribution is 2.26. The molecular formula is C17H16N6O. The third-order valence-electron chi connectivity index (χ3n) is 3.79. The summed E-state index contributed by atoms with van der Waals surface area (Å²) in [7, 11) is 0. The molecule has 0 radical (unpaired) electrons. The van der Waals surface area contributed by atoms with Crippen molar-refractivity contribution in [3.05, 3.63) is 53.6 Å². The van der Waals surface area contributed by atoms with Crippen LogP contribution in [-0.4, -0.2) is 20.4 Å². The number of nitrogens with one attached hydrogen (secondary N) is 2. The zero-order chi connectivity index (χ0) is 16.5. The van der Waals surface area contributed by atoms with Crippen LogP contribution in [0.2, 0.25) is 0 Å². The van der Waals surface area contributed by atoms with Crippen LogP contribution in [0.5, 0.6) is 0 Å². The number of aromatic amines is 1. The van der Waals surface area contributed by atoms with Gasteiger partial charge in [-0.15, -0.1) is 5.10 Å². The van der Waals surface area contributed by atoms with E-state index in [0.29, 0.717) is 24.3 Å². The Labute approximate surface area is 137 Å². The lowest BCUT2D eigenvalue weighted by Crippen LogP contribution is -1.99. The molecule has 4 N–H and O–H groups in total. The number of hydrogen-bond acceptors (Lipinski definition) is 6. The molecule has 0 atom stereocenters. The number of hydrogen-bond donors (Lipinski definition) is 3. The van der Waals surface area contributed by atoms with Crippen molar-refractivity contribution in [2.45, 2.75) is 13.5 Å². The van der Waals surface area contributed by atoms with Crippen molar-refractivity contribution >= 4 is 22.7 Å². The first kappa shape index (κ1) is 14.3. The highest BCUT2D eigenvalue weighted by molar-refractivity contribution is 5.91. The molecule has 2 aromatic carbocycles. The number of aryl methyl sites for hydroxylation is 1. The Morgan fingerprint density at radius 2 is 2.08 bits per heavy atom. The quantitative estimate of drug-likeness (QED) is 0.533. The van der Waals surface area contributed by atoms with E-state index in [4.69, 9.17) is 10.2 Å². The van der Waals surface area contributed by atoms with Crippen molar-refractivity contribution in [2.75, 3.05) is 11.1 Å². The van der Waals surface area contributed by atoms with Crippen LogP contribution in [0.1, 0.15) is 11.1 Å². The van der Waals surface area contributed by atoms with Gasteiger partial charge in [0.2, 0.25) is 5.89 Å². The minimum absolute atomic E-state index is 0.381. The van der Waals surface area contributed by atoms with Gasteiger partial charge in [-0.3, -0.25) is 5.10 Å². The molecule has 4 rings (SSSR count). The number of H-pyrrole nitrogens is 1. The normalized spacial score (nSPS) is 11.0. The lowest BCUT2D eigenvalue weighted by molar-refractivity contribution is 0.581. The largest absolute Gasteiger partial charge is 0.403 e. The summed E-state index contributed by atoms with van der Waals surface area (Å²) in [5.41, 5.74) is 9.87. The molecule has 0 unspecified atom stereocenters. The predicted octanol–water partition coefficient (Wildman–Crippen LogP) is 3.12. The van der Waals surface area contributed by atoms with Gasteiger partial charge in [-0.25, -0.2) is 0 Å². The summed E-state index contributed by atoms with van der Waals surface area (Å²) in [4.78, 5) is 0. The molecule has 24 heavy (non-hydrogen) atoms. The second kappa shape index (κ2) is 5.69. The maximum absolute atomic E-state index is 5.83. The van der Waals surface area contributed by atoms with E-state index in [2.05, 4.69) is 44.8 Å². The van der Waals surface area contributed by atoms with Crippen LogP contribution in [0.4, 0.5) is 11.8 Å². The molecule has 2 aromatic heterocycles.